The fourth-order valence-electron chi connectivity index (χ4n) is 7.34. The molecule has 2 fully saturated rings. The highest BCUT2D eigenvalue weighted by molar-refractivity contribution is 6.34. The first-order valence-electron chi connectivity index (χ1n) is 18.4. The molecule has 3 aliphatic rings. The Balaban J connectivity index is 1.43. The average molecular weight is 781 g/mol. The van der Waals surface area contributed by atoms with Gasteiger partial charge in [-0.2, -0.15) is 0 Å². The van der Waals surface area contributed by atoms with Crippen molar-refractivity contribution in [1.82, 2.24) is 5.32 Å². The van der Waals surface area contributed by atoms with Gasteiger partial charge >= 0.3 is 12.1 Å². The number of nitrogens with zero attached hydrogens (tertiary/aromatic N) is 1. The van der Waals surface area contributed by atoms with Crippen LogP contribution in [0, 0.1) is 11.8 Å². The van der Waals surface area contributed by atoms with Gasteiger partial charge in [-0.1, -0.05) is 72.7 Å². The van der Waals surface area contributed by atoms with Gasteiger partial charge in [0.2, 0.25) is 5.91 Å². The van der Waals surface area contributed by atoms with Gasteiger partial charge in [-0.05, 0) is 50.8 Å². The molecule has 0 radical (unpaired) electrons. The molecule has 3 aliphatic heterocycles. The second-order valence-corrected chi connectivity index (χ2v) is 15.3. The number of fused-ring (bicyclic) bond motifs is 5. The lowest BCUT2D eigenvalue weighted by atomic mass is 9.81. The summed E-state index contributed by atoms with van der Waals surface area (Å²) in [5.41, 5.74) is 0.173. The first kappa shape index (κ1) is 41.8. The zero-order valence-corrected chi connectivity index (χ0v) is 32.4. The number of benzene rings is 2. The maximum absolute atomic E-state index is 14.0. The Morgan fingerprint density at radius 2 is 1.78 bits per heavy atom. The zero-order chi connectivity index (χ0) is 40.2. The molecule has 4 bridgehead atoms. The van der Waals surface area contributed by atoms with E-state index in [0.717, 1.165) is 11.1 Å². The van der Waals surface area contributed by atoms with Crippen molar-refractivity contribution in [3.63, 3.8) is 0 Å². The van der Waals surface area contributed by atoms with E-state index in [1.165, 1.54) is 18.9 Å². The molecule has 3 heterocycles. The van der Waals surface area contributed by atoms with Gasteiger partial charge in [0.25, 0.3) is 0 Å². The summed E-state index contributed by atoms with van der Waals surface area (Å²) in [7, 11) is 1.54. The zero-order valence-electron chi connectivity index (χ0n) is 31.7. The van der Waals surface area contributed by atoms with Crippen LogP contribution in [0.1, 0.15) is 91.6 Å². The Hall–Kier alpha value is -4.40. The number of rotatable bonds is 9. The van der Waals surface area contributed by atoms with Crippen LogP contribution in [0.15, 0.2) is 60.2 Å². The molecule has 296 valence electrons. The van der Waals surface area contributed by atoms with E-state index in [0.29, 0.717) is 28.8 Å². The highest BCUT2D eigenvalue weighted by Gasteiger charge is 2.64. The number of amides is 2. The first-order valence-corrected chi connectivity index (χ1v) is 18.7. The lowest BCUT2D eigenvalue weighted by Gasteiger charge is -2.42. The minimum absolute atomic E-state index is 0.0407. The van der Waals surface area contributed by atoms with Crippen molar-refractivity contribution in [1.29, 1.82) is 0 Å². The SMILES string of the molecule is CC(=O)c1ccc(C(=O)CCCC(=O)O[C@H]2CC(=O)N(C)c3cc(cc(CO)c3Cl)C/C(C)=C/C=C/[C@@H](CO)[C@@]3(O)C[C@H](OC(=O)N3)[C@@H](C)[C@@H]3O[C@@]23C)cc1. The fraction of sp³-hybridized carbons (Fsp3) is 0.488. The molecule has 5 rings (SSSR count). The summed E-state index contributed by atoms with van der Waals surface area (Å²) >= 11 is 6.70. The number of carbonyl (C=O) groups is 5. The number of hydrogen-bond donors (Lipinski definition) is 4. The highest BCUT2D eigenvalue weighted by atomic mass is 35.5. The second kappa shape index (κ2) is 17.2. The number of epoxide rings is 1. The number of esters is 1. The van der Waals surface area contributed by atoms with Crippen molar-refractivity contribution in [2.75, 3.05) is 18.6 Å². The number of Topliss-reactive ketones (excluding diaryl/α,β-unsaturated/α-hetero) is 2. The molecule has 0 saturated carbocycles. The summed E-state index contributed by atoms with van der Waals surface area (Å²) in [5.74, 6) is -2.91. The van der Waals surface area contributed by atoms with Crippen LogP contribution in [0.3, 0.4) is 0 Å². The summed E-state index contributed by atoms with van der Waals surface area (Å²) in [6.07, 6.45) is 1.56. The van der Waals surface area contributed by atoms with Gasteiger partial charge in [0.05, 0.1) is 36.4 Å². The molecule has 14 heteroatoms. The summed E-state index contributed by atoms with van der Waals surface area (Å²) in [6, 6.07) is 9.78. The van der Waals surface area contributed by atoms with Crippen molar-refractivity contribution in [2.45, 2.75) is 102 Å². The monoisotopic (exact) mass is 780 g/mol. The van der Waals surface area contributed by atoms with E-state index in [-0.39, 0.29) is 55.3 Å². The number of anilines is 1. The number of ether oxygens (including phenoxy) is 3. The van der Waals surface area contributed by atoms with E-state index < -0.39 is 66.1 Å². The molecule has 55 heavy (non-hydrogen) atoms. The van der Waals surface area contributed by atoms with Gasteiger partial charge in [0.1, 0.15) is 17.8 Å². The van der Waals surface area contributed by atoms with E-state index in [4.69, 9.17) is 25.8 Å². The molecule has 7 atom stereocenters. The maximum Gasteiger partial charge on any atom is 0.409 e. The van der Waals surface area contributed by atoms with E-state index in [9.17, 15) is 39.3 Å². The Morgan fingerprint density at radius 1 is 1.09 bits per heavy atom. The summed E-state index contributed by atoms with van der Waals surface area (Å²) in [4.78, 5) is 66.0. The molecule has 0 aromatic heterocycles. The third-order valence-corrected chi connectivity index (χ3v) is 11.3. The number of nitrogens with one attached hydrogen (secondary N) is 1. The van der Waals surface area contributed by atoms with E-state index in [1.807, 2.05) is 6.92 Å². The number of carbonyl (C=O) groups excluding carboxylic acids is 5. The molecule has 0 spiro atoms. The van der Waals surface area contributed by atoms with Crippen LogP contribution in [-0.4, -0.2) is 88.1 Å². The molecule has 0 aliphatic carbocycles. The van der Waals surface area contributed by atoms with E-state index in [2.05, 4.69) is 5.32 Å². The first-order chi connectivity index (χ1) is 26.0. The van der Waals surface area contributed by atoms with Gasteiger partial charge in [-0.3, -0.25) is 24.5 Å². The highest BCUT2D eigenvalue weighted by Crippen LogP contribution is 2.49. The molecule has 2 saturated heterocycles. The lowest BCUT2D eigenvalue weighted by molar-refractivity contribution is -0.153. The van der Waals surface area contributed by atoms with Crippen LogP contribution in [-0.2, 0) is 36.8 Å². The van der Waals surface area contributed by atoms with Crippen LogP contribution in [0.5, 0.6) is 0 Å². The second-order valence-electron chi connectivity index (χ2n) is 14.9. The van der Waals surface area contributed by atoms with Crippen LogP contribution < -0.4 is 10.2 Å². The van der Waals surface area contributed by atoms with E-state index in [1.54, 1.807) is 68.5 Å². The van der Waals surface area contributed by atoms with Gasteiger partial charge in [0, 0.05) is 49.3 Å². The van der Waals surface area contributed by atoms with Gasteiger partial charge in [-0.15, -0.1) is 0 Å². The number of hydrogen-bond acceptors (Lipinski definition) is 11. The Labute approximate surface area is 325 Å². The van der Waals surface area contributed by atoms with Crippen molar-refractivity contribution in [2.24, 2.45) is 11.8 Å². The number of halogens is 1. The standard InChI is InChI=1S/C41H49ClN2O11/c1-23-8-6-9-30(22-46)41(52)20-33(53-39(51)43-41)24(2)38-40(4,55-38)34(19-35(49)44(5)31-18-26(16-23)17-29(21-45)37(31)42)54-36(50)11-7-10-32(48)28-14-12-27(13-15-28)25(3)47/h6,8-9,12-15,17-18,24,30,33-34,38,45-46,52H,7,10-11,16,19-22H2,1-5H3,(H,43,51)/b9-6+,23-8+/t24-,30+,33+,34+,38+,40+,41+/m1/s1. The fourth-order valence-corrected chi connectivity index (χ4v) is 7.64. The van der Waals surface area contributed by atoms with Crippen LogP contribution in [0.4, 0.5) is 10.5 Å². The molecule has 2 amide bonds. The molecule has 2 aromatic rings. The minimum atomic E-state index is -1.87. The minimum Gasteiger partial charge on any atom is -0.459 e. The largest absolute Gasteiger partial charge is 0.459 e. The quantitative estimate of drug-likeness (QED) is 0.152. The van der Waals surface area contributed by atoms with Crippen molar-refractivity contribution >= 4 is 46.8 Å². The number of alkyl carbamates (subject to hydrolysis) is 1. The smallest absolute Gasteiger partial charge is 0.409 e. The van der Waals surface area contributed by atoms with Crippen molar-refractivity contribution in [3.05, 3.63) is 87.5 Å². The average Bonchev–Trinajstić information content (AvgIpc) is 3.84. The lowest BCUT2D eigenvalue weighted by Crippen LogP contribution is -2.62. The predicted molar refractivity (Wildman–Crippen MR) is 203 cm³/mol. The van der Waals surface area contributed by atoms with Crippen LogP contribution in [0.2, 0.25) is 5.02 Å². The van der Waals surface area contributed by atoms with E-state index >= 15 is 0 Å². The summed E-state index contributed by atoms with van der Waals surface area (Å²) in [5, 5.41) is 34.8. The molecular weight excluding hydrogens is 732 g/mol. The number of ketones is 2. The van der Waals surface area contributed by atoms with Gasteiger partial charge in [-0.25, -0.2) is 4.79 Å². The Bertz CT molecular complexity index is 1880. The van der Waals surface area contributed by atoms with Crippen molar-refractivity contribution < 1.29 is 53.5 Å². The molecule has 13 nitrogen and oxygen atoms in total. The molecule has 4 N–H and O–H groups in total. The molecule has 2 aromatic carbocycles. The number of allylic oxidation sites excluding steroid dienone is 3. The number of aliphatic hydroxyl groups excluding tert-OH is 2. The summed E-state index contributed by atoms with van der Waals surface area (Å²) in [6.45, 7) is 5.90. The normalized spacial score (nSPS) is 29.9. The van der Waals surface area contributed by atoms with Crippen LogP contribution in [0.25, 0.3) is 0 Å². The molecule has 0 unspecified atom stereocenters. The maximum atomic E-state index is 14.0. The van der Waals surface area contributed by atoms with Crippen LogP contribution >= 0.6 is 11.6 Å². The molecular formula is C41H49ClN2O11. The van der Waals surface area contributed by atoms with Crippen molar-refractivity contribution in [3.8, 4) is 0 Å². The topological polar surface area (TPSA) is 192 Å². The third kappa shape index (κ3) is 9.53. The summed E-state index contributed by atoms with van der Waals surface area (Å²) < 4.78 is 17.8. The predicted octanol–water partition coefficient (Wildman–Crippen LogP) is 5.00. The number of aliphatic hydroxyl groups is 3. The Morgan fingerprint density at radius 3 is 2.44 bits per heavy atom. The third-order valence-electron chi connectivity index (χ3n) is 10.8. The Kier molecular flexibility index (Phi) is 13.0. The van der Waals surface area contributed by atoms with Gasteiger partial charge < -0.3 is 34.4 Å². The van der Waals surface area contributed by atoms with Gasteiger partial charge in [0.15, 0.2) is 17.3 Å².